The summed E-state index contributed by atoms with van der Waals surface area (Å²) < 4.78 is 28.4. The molecule has 0 aromatic heterocycles. The van der Waals surface area contributed by atoms with E-state index in [1.807, 2.05) is 19.1 Å². The largest absolute Gasteiger partial charge is 0.380 e. The Kier molecular flexibility index (Phi) is 10.4. The summed E-state index contributed by atoms with van der Waals surface area (Å²) >= 11 is 0. The standard InChI is InChI=1S/C15H25N3O3S.HI/c1-5-21-9-8-17-15(16-3)18-11-13-6-7-14(12(2)10-13)22(4,19)20;/h6-7,10H,5,8-9,11H2,1-4H3,(H2,16,17,18);1H. The van der Waals surface area contributed by atoms with Crippen molar-refractivity contribution in [3.8, 4) is 0 Å². The number of aryl methyl sites for hydroxylation is 1. The minimum Gasteiger partial charge on any atom is -0.380 e. The van der Waals surface area contributed by atoms with Crippen LogP contribution in [0, 0.1) is 6.92 Å². The van der Waals surface area contributed by atoms with Crippen LogP contribution in [-0.2, 0) is 21.1 Å². The van der Waals surface area contributed by atoms with Crippen LogP contribution in [0.25, 0.3) is 0 Å². The summed E-state index contributed by atoms with van der Waals surface area (Å²) in [4.78, 5) is 4.49. The number of hydrogen-bond acceptors (Lipinski definition) is 4. The maximum Gasteiger partial charge on any atom is 0.191 e. The van der Waals surface area contributed by atoms with Crippen molar-refractivity contribution < 1.29 is 13.2 Å². The second-order valence-electron chi connectivity index (χ2n) is 4.92. The molecule has 0 spiro atoms. The molecule has 1 aromatic rings. The Morgan fingerprint density at radius 2 is 2.00 bits per heavy atom. The highest BCUT2D eigenvalue weighted by molar-refractivity contribution is 14.0. The quantitative estimate of drug-likeness (QED) is 0.283. The number of nitrogens with one attached hydrogen (secondary N) is 2. The number of halogens is 1. The molecule has 0 saturated heterocycles. The maximum atomic E-state index is 11.6. The number of sulfone groups is 1. The molecule has 0 heterocycles. The fourth-order valence-corrected chi connectivity index (χ4v) is 2.99. The van der Waals surface area contributed by atoms with Gasteiger partial charge in [-0.15, -0.1) is 24.0 Å². The molecule has 2 N–H and O–H groups in total. The Morgan fingerprint density at radius 1 is 1.30 bits per heavy atom. The highest BCUT2D eigenvalue weighted by atomic mass is 127. The maximum absolute atomic E-state index is 11.6. The highest BCUT2D eigenvalue weighted by Gasteiger charge is 2.10. The Morgan fingerprint density at radius 3 is 2.52 bits per heavy atom. The third kappa shape index (κ3) is 7.98. The van der Waals surface area contributed by atoms with E-state index in [9.17, 15) is 8.42 Å². The Labute approximate surface area is 156 Å². The molecule has 0 bridgehead atoms. The molecule has 0 unspecified atom stereocenters. The first-order valence-electron chi connectivity index (χ1n) is 7.20. The summed E-state index contributed by atoms with van der Waals surface area (Å²) in [5.74, 6) is 0.685. The van der Waals surface area contributed by atoms with E-state index in [4.69, 9.17) is 4.74 Å². The second-order valence-corrected chi connectivity index (χ2v) is 6.91. The van der Waals surface area contributed by atoms with E-state index in [0.717, 1.165) is 11.1 Å². The first-order chi connectivity index (χ1) is 10.4. The lowest BCUT2D eigenvalue weighted by molar-refractivity contribution is 0.152. The highest BCUT2D eigenvalue weighted by Crippen LogP contribution is 2.16. The summed E-state index contributed by atoms with van der Waals surface area (Å²) in [7, 11) is -1.47. The van der Waals surface area contributed by atoms with Gasteiger partial charge in [-0.3, -0.25) is 4.99 Å². The van der Waals surface area contributed by atoms with Crippen LogP contribution >= 0.6 is 24.0 Å². The van der Waals surface area contributed by atoms with Crippen molar-refractivity contribution in [3.05, 3.63) is 29.3 Å². The predicted molar refractivity (Wildman–Crippen MR) is 104 cm³/mol. The number of nitrogens with zero attached hydrogens (tertiary/aromatic N) is 1. The number of guanidine groups is 1. The number of rotatable bonds is 7. The Bertz CT molecular complexity index is 618. The zero-order chi connectivity index (χ0) is 16.6. The van der Waals surface area contributed by atoms with Crippen LogP contribution in [0.15, 0.2) is 28.1 Å². The van der Waals surface area contributed by atoms with E-state index in [1.165, 1.54) is 6.26 Å². The molecule has 6 nitrogen and oxygen atoms in total. The van der Waals surface area contributed by atoms with Crippen molar-refractivity contribution >= 4 is 39.8 Å². The zero-order valence-electron chi connectivity index (χ0n) is 14.0. The third-order valence-corrected chi connectivity index (χ3v) is 4.32. The van der Waals surface area contributed by atoms with Crippen LogP contribution < -0.4 is 10.6 Å². The lowest BCUT2D eigenvalue weighted by Gasteiger charge is -2.13. The molecular formula is C15H26IN3O3S. The van der Waals surface area contributed by atoms with Crippen LogP contribution in [0.2, 0.25) is 0 Å². The molecule has 0 atom stereocenters. The van der Waals surface area contributed by atoms with Gasteiger partial charge in [0.25, 0.3) is 0 Å². The van der Waals surface area contributed by atoms with Crippen LogP contribution in [0.3, 0.4) is 0 Å². The minimum absolute atomic E-state index is 0. The van der Waals surface area contributed by atoms with Crippen molar-refractivity contribution in [2.75, 3.05) is 33.1 Å². The summed E-state index contributed by atoms with van der Waals surface area (Å²) in [6.07, 6.45) is 1.22. The molecule has 0 fully saturated rings. The first-order valence-corrected chi connectivity index (χ1v) is 9.09. The Balaban J connectivity index is 0.00000484. The molecule has 0 aliphatic heterocycles. The van der Waals surface area contributed by atoms with Crippen molar-refractivity contribution in [1.82, 2.24) is 10.6 Å². The lowest BCUT2D eigenvalue weighted by Crippen LogP contribution is -2.38. The van der Waals surface area contributed by atoms with Gasteiger partial charge in [-0.2, -0.15) is 0 Å². The normalized spacial score (nSPS) is 11.7. The van der Waals surface area contributed by atoms with E-state index in [1.54, 1.807) is 20.0 Å². The fraction of sp³-hybridized carbons (Fsp3) is 0.533. The Hall–Kier alpha value is -0.870. The van der Waals surface area contributed by atoms with E-state index in [2.05, 4.69) is 15.6 Å². The van der Waals surface area contributed by atoms with Crippen molar-refractivity contribution in [1.29, 1.82) is 0 Å². The number of hydrogen-bond donors (Lipinski definition) is 2. The first kappa shape index (κ1) is 22.1. The van der Waals surface area contributed by atoms with Gasteiger partial charge in [0, 0.05) is 33.0 Å². The fourth-order valence-electron chi connectivity index (χ4n) is 2.03. The van der Waals surface area contributed by atoms with Gasteiger partial charge in [-0.25, -0.2) is 8.42 Å². The van der Waals surface area contributed by atoms with Gasteiger partial charge >= 0.3 is 0 Å². The molecular weight excluding hydrogens is 429 g/mol. The number of benzene rings is 1. The van der Waals surface area contributed by atoms with E-state index >= 15 is 0 Å². The smallest absolute Gasteiger partial charge is 0.191 e. The minimum atomic E-state index is -3.17. The van der Waals surface area contributed by atoms with Crippen LogP contribution in [0.5, 0.6) is 0 Å². The topological polar surface area (TPSA) is 79.8 Å². The molecule has 23 heavy (non-hydrogen) atoms. The molecule has 1 aromatic carbocycles. The second kappa shape index (κ2) is 10.8. The predicted octanol–water partition coefficient (Wildman–Crippen LogP) is 1.72. The third-order valence-electron chi connectivity index (χ3n) is 3.07. The van der Waals surface area contributed by atoms with Crippen LogP contribution in [0.1, 0.15) is 18.1 Å². The van der Waals surface area contributed by atoms with Crippen LogP contribution in [-0.4, -0.2) is 47.4 Å². The number of ether oxygens (including phenoxy) is 1. The molecule has 0 radical (unpaired) electrons. The van der Waals surface area contributed by atoms with E-state index < -0.39 is 9.84 Å². The van der Waals surface area contributed by atoms with Gasteiger partial charge < -0.3 is 15.4 Å². The van der Waals surface area contributed by atoms with Crippen molar-refractivity contribution in [2.45, 2.75) is 25.3 Å². The van der Waals surface area contributed by atoms with Gasteiger partial charge in [0.05, 0.1) is 11.5 Å². The van der Waals surface area contributed by atoms with Crippen molar-refractivity contribution in [3.63, 3.8) is 0 Å². The van der Waals surface area contributed by atoms with E-state index in [0.29, 0.717) is 37.2 Å². The van der Waals surface area contributed by atoms with Gasteiger partial charge in [0.1, 0.15) is 0 Å². The summed E-state index contributed by atoms with van der Waals surface area (Å²) in [6, 6.07) is 5.33. The summed E-state index contributed by atoms with van der Waals surface area (Å²) in [6.45, 7) is 6.32. The average Bonchev–Trinajstić information content (AvgIpc) is 2.45. The molecule has 132 valence electrons. The number of aliphatic imine (C=N–C) groups is 1. The van der Waals surface area contributed by atoms with Gasteiger partial charge in [-0.05, 0) is 31.0 Å². The molecule has 0 aliphatic carbocycles. The van der Waals surface area contributed by atoms with Crippen LogP contribution in [0.4, 0.5) is 0 Å². The molecule has 0 amide bonds. The average molecular weight is 455 g/mol. The molecule has 8 heteroatoms. The molecule has 1 rings (SSSR count). The monoisotopic (exact) mass is 455 g/mol. The SMILES string of the molecule is CCOCCNC(=NC)NCc1ccc(S(C)(=O)=O)c(C)c1.I. The van der Waals surface area contributed by atoms with E-state index in [-0.39, 0.29) is 24.0 Å². The van der Waals surface area contributed by atoms with Gasteiger partial charge in [0.2, 0.25) is 0 Å². The lowest BCUT2D eigenvalue weighted by atomic mass is 10.1. The van der Waals surface area contributed by atoms with Crippen molar-refractivity contribution in [2.24, 2.45) is 4.99 Å². The summed E-state index contributed by atoms with van der Waals surface area (Å²) in [5.41, 5.74) is 1.75. The summed E-state index contributed by atoms with van der Waals surface area (Å²) in [5, 5.41) is 6.32. The molecule has 0 saturated carbocycles. The molecule has 0 aliphatic rings. The van der Waals surface area contributed by atoms with Gasteiger partial charge in [0.15, 0.2) is 15.8 Å². The zero-order valence-corrected chi connectivity index (χ0v) is 17.2. The van der Waals surface area contributed by atoms with Gasteiger partial charge in [-0.1, -0.05) is 12.1 Å².